The minimum Gasteiger partial charge on any atom is -0.394 e. The molecule has 0 aromatic heterocycles. The lowest BCUT2D eigenvalue weighted by Crippen LogP contribution is -2.72. The van der Waals surface area contributed by atoms with Gasteiger partial charge in [0.05, 0.1) is 73.5 Å². The highest BCUT2D eigenvalue weighted by atomic mass is 31.2. The maximum absolute atomic E-state index is 13.9. The van der Waals surface area contributed by atoms with Crippen LogP contribution in [0.1, 0.15) is 34.6 Å². The van der Waals surface area contributed by atoms with Crippen LogP contribution in [0.2, 0.25) is 0 Å². The second-order valence-electron chi connectivity index (χ2n) is 28.8. The molecule has 8 rings (SSSR count). The van der Waals surface area contributed by atoms with Crippen LogP contribution in [0.3, 0.4) is 0 Å². The van der Waals surface area contributed by atoms with E-state index in [4.69, 9.17) is 80.1 Å². The highest BCUT2D eigenvalue weighted by molar-refractivity contribution is 7.47. The van der Waals surface area contributed by atoms with Crippen LogP contribution < -0.4 is 21.3 Å². The maximum Gasteiger partial charge on any atom is 0.472 e. The number of rotatable bonds is 31. The molecule has 8 heterocycles. The lowest BCUT2D eigenvalue weighted by atomic mass is 9.93. The molecule has 25 N–H and O–H groups in total. The molecule has 8 aliphatic heterocycles. The van der Waals surface area contributed by atoms with Crippen molar-refractivity contribution in [2.24, 2.45) is 0 Å². The second-order valence-corrected chi connectivity index (χ2v) is 30.2. The van der Waals surface area contributed by atoms with Gasteiger partial charge in [-0.2, -0.15) is 0 Å². The van der Waals surface area contributed by atoms with Crippen LogP contribution >= 0.6 is 7.82 Å². The van der Waals surface area contributed by atoms with Crippen molar-refractivity contribution in [2.75, 3.05) is 80.5 Å². The van der Waals surface area contributed by atoms with Gasteiger partial charge in [0.2, 0.25) is 23.6 Å². The number of carbonyl (C=O) groups is 4. The SMILES string of the molecule is CC(=O)N[C@@H]1[C@@H](O)[C@H](O[C@@H]2O[C@H](CO)[C@@H](O[C@@H]3O[C@H](CO[C@H]4O[C@H](CO)[C@@H](O)[C@H](O)[C@@H]4O)[C@@H](O)[C@H](O[C@H]4O[C@H](CO)[C@@H](O)[C@H](O)[C@@H]4O[C@@H]4O[C@H](COP(=O)(O)OCC[N+](C)(C)C)[C@@H](O[C@@H]5O[C@H](CO)[C@H](O)[C@H](O)[C@H]5NC(C)=O)[C@H](O[C@@H]5O[C@@H](C)[C@@H](O)[C@@H](O)[C@@H]5O)[C@H]4NC(C)=O)[C@@H]3O)[C@H](O)[C@H]2NC(C)=O)[C@@H](CO)O[C@H]1O. The van der Waals surface area contributed by atoms with Gasteiger partial charge in [0.15, 0.2) is 50.3 Å². The number of nitrogens with zero attached hydrogens (tertiary/aromatic N) is 1. The number of ether oxygens (including phenoxy) is 15. The fraction of sp³-hybridized carbons (Fsp3) is 0.934. The van der Waals surface area contributed by atoms with Crippen LogP contribution in [0.25, 0.3) is 0 Å². The van der Waals surface area contributed by atoms with Crippen molar-refractivity contribution in [3.8, 4) is 0 Å². The van der Waals surface area contributed by atoms with E-state index in [0.717, 1.165) is 27.7 Å². The number of hydrogen-bond donors (Lipinski definition) is 25. The summed E-state index contributed by atoms with van der Waals surface area (Å²) in [5.74, 6) is -3.62. The molecule has 0 aromatic carbocycles. The van der Waals surface area contributed by atoms with Gasteiger partial charge in [0, 0.05) is 27.7 Å². The molecule has 41 atom stereocenters. The van der Waals surface area contributed by atoms with Crippen LogP contribution in [-0.4, -0.2) is 461 Å². The summed E-state index contributed by atoms with van der Waals surface area (Å²) in [7, 11) is -0.153. The Labute approximate surface area is 627 Å². The Balaban J connectivity index is 1.21. The highest BCUT2D eigenvalue weighted by Gasteiger charge is 2.61. The number of phosphoric acid groups is 1. The van der Waals surface area contributed by atoms with Crippen molar-refractivity contribution in [3.05, 3.63) is 0 Å². The zero-order valence-corrected chi connectivity index (χ0v) is 61.6. The van der Waals surface area contributed by atoms with Gasteiger partial charge in [-0.25, -0.2) is 4.57 Å². The van der Waals surface area contributed by atoms with Crippen molar-refractivity contribution in [3.63, 3.8) is 0 Å². The molecule has 0 aromatic rings. The maximum atomic E-state index is 13.9. The summed E-state index contributed by atoms with van der Waals surface area (Å²) in [5, 5.41) is 233. The van der Waals surface area contributed by atoms with Crippen LogP contribution in [0.4, 0.5) is 0 Å². The molecule has 49 heteroatoms. The third-order valence-corrected chi connectivity index (χ3v) is 20.4. The predicted molar refractivity (Wildman–Crippen MR) is 347 cm³/mol. The number of phosphoric ester groups is 1. The summed E-state index contributed by atoms with van der Waals surface area (Å²) in [6.07, 6.45) is -75.2. The molecular formula is C61H107N5O43P+. The van der Waals surface area contributed by atoms with E-state index < -0.39 is 330 Å². The number of quaternary nitrogens is 1. The summed E-state index contributed by atoms with van der Waals surface area (Å²) in [6.45, 7) is -2.94. The minimum absolute atomic E-state index is 0.0936. The molecular weight excluding hydrogens is 1520 g/mol. The van der Waals surface area contributed by atoms with E-state index in [2.05, 4.69) is 21.3 Å². The van der Waals surface area contributed by atoms with Gasteiger partial charge in [-0.1, -0.05) is 0 Å². The van der Waals surface area contributed by atoms with E-state index in [1.54, 1.807) is 21.1 Å². The van der Waals surface area contributed by atoms with Gasteiger partial charge in [-0.3, -0.25) is 28.2 Å². The van der Waals surface area contributed by atoms with Crippen LogP contribution in [0.5, 0.6) is 0 Å². The van der Waals surface area contributed by atoms with Gasteiger partial charge >= 0.3 is 7.82 Å². The van der Waals surface area contributed by atoms with E-state index in [1.165, 1.54) is 6.92 Å². The first kappa shape index (κ1) is 92.1. The zero-order valence-electron chi connectivity index (χ0n) is 60.7. The fourth-order valence-electron chi connectivity index (χ4n) is 13.5. The van der Waals surface area contributed by atoms with Crippen molar-refractivity contribution in [2.45, 2.75) is 280 Å². The Morgan fingerprint density at radius 2 is 0.736 bits per heavy atom. The lowest BCUT2D eigenvalue weighted by Gasteiger charge is -2.52. The normalized spacial score (nSPS) is 46.1. The molecule has 0 spiro atoms. The average Bonchev–Trinajstić information content (AvgIpc) is 0.759. The van der Waals surface area contributed by atoms with Gasteiger partial charge < -0.3 is 204 Å². The fourth-order valence-corrected chi connectivity index (χ4v) is 14.3. The molecule has 1 unspecified atom stereocenters. The van der Waals surface area contributed by atoms with E-state index in [1.807, 2.05) is 0 Å². The number of carbonyl (C=O) groups excluding carboxylic acids is 4. The summed E-state index contributed by atoms with van der Waals surface area (Å²) in [4.78, 5) is 62.8. The quantitative estimate of drug-likeness (QED) is 0.0226. The van der Waals surface area contributed by atoms with Crippen molar-refractivity contribution >= 4 is 31.5 Å². The molecule has 0 radical (unpaired) electrons. The van der Waals surface area contributed by atoms with Crippen molar-refractivity contribution in [1.82, 2.24) is 21.3 Å². The topological polar surface area (TPSA) is 715 Å². The summed E-state index contributed by atoms with van der Waals surface area (Å²) >= 11 is 0. The van der Waals surface area contributed by atoms with Gasteiger partial charge in [0.1, 0.15) is 202 Å². The first-order valence-electron chi connectivity index (χ1n) is 35.1. The molecule has 110 heavy (non-hydrogen) atoms. The molecule has 0 saturated carbocycles. The van der Waals surface area contributed by atoms with E-state index in [-0.39, 0.29) is 11.0 Å². The number of nitrogens with one attached hydrogen (secondary N) is 4. The number of aliphatic hydroxyl groups excluding tert-OH is 20. The average molecular weight is 1630 g/mol. The predicted octanol–water partition coefficient (Wildman–Crippen LogP) is -16.0. The summed E-state index contributed by atoms with van der Waals surface area (Å²) in [5.41, 5.74) is 0. The summed E-state index contributed by atoms with van der Waals surface area (Å²) in [6, 6.07) is -7.48. The molecule has 4 amide bonds. The summed E-state index contributed by atoms with van der Waals surface area (Å²) < 4.78 is 116. The van der Waals surface area contributed by atoms with Crippen molar-refractivity contribution in [1.29, 1.82) is 0 Å². The van der Waals surface area contributed by atoms with E-state index in [0.29, 0.717) is 0 Å². The third kappa shape index (κ3) is 22.0. The Morgan fingerprint density at radius 3 is 1.29 bits per heavy atom. The van der Waals surface area contributed by atoms with Gasteiger partial charge in [-0.15, -0.1) is 0 Å². The van der Waals surface area contributed by atoms with Crippen LogP contribution in [0, 0.1) is 0 Å². The number of amides is 4. The number of hydrogen-bond acceptors (Lipinski definition) is 42. The molecule has 8 saturated heterocycles. The largest absolute Gasteiger partial charge is 0.472 e. The Hall–Kier alpha value is -3.45. The monoisotopic (exact) mass is 1630 g/mol. The molecule has 638 valence electrons. The third-order valence-electron chi connectivity index (χ3n) is 19.4. The molecule has 0 aliphatic carbocycles. The Morgan fingerprint density at radius 1 is 0.345 bits per heavy atom. The zero-order chi connectivity index (χ0) is 81.6. The highest BCUT2D eigenvalue weighted by Crippen LogP contribution is 2.46. The van der Waals surface area contributed by atoms with E-state index in [9.17, 15) is 131 Å². The molecule has 48 nitrogen and oxygen atoms in total. The van der Waals surface area contributed by atoms with Crippen LogP contribution in [0.15, 0.2) is 0 Å². The second kappa shape index (κ2) is 39.7. The Kier molecular flexibility index (Phi) is 33.2. The first-order chi connectivity index (χ1) is 51.6. The minimum atomic E-state index is -5.29. The van der Waals surface area contributed by atoms with E-state index >= 15 is 0 Å². The van der Waals surface area contributed by atoms with Crippen molar-refractivity contribution < 1.29 is 215 Å². The van der Waals surface area contributed by atoms with Crippen LogP contribution in [-0.2, 0) is 104 Å². The van der Waals surface area contributed by atoms with Gasteiger partial charge in [0.25, 0.3) is 0 Å². The number of aliphatic hydroxyl groups is 20. The molecule has 8 aliphatic rings. The first-order valence-corrected chi connectivity index (χ1v) is 36.6. The molecule has 0 bridgehead atoms. The Bertz CT molecular complexity index is 2980. The smallest absolute Gasteiger partial charge is 0.394 e. The van der Waals surface area contributed by atoms with Gasteiger partial charge in [-0.05, 0) is 6.92 Å². The number of likely N-dealkylation sites (N-methyl/N-ethyl adjacent to an activating group) is 1. The molecule has 8 fully saturated rings. The standard InChI is InChI=1S/C61H106N5O43P/c1-18-34(76)42(84)46(88)59(96-18)107-51-33(65-22(5)75)57(103-29(17-95-110(91,92)94-10-9-66(6,7)8)50(51)106-55-31(63-20(3)73)39(81)35(77)23(11-67)98-55)109-53-44(86)37(79)25(13-69)100-61(53)108-52-38(80)28(16-93-58-45(87)43(85)36(78)24(12-68)99-58)102-60(47(52)89)105-49-27(15-71)101-56(32(41(49)83)64-21(4)74)104-48-26(14-70)97-54(90)30(40(48)82)62-19(2)72/h18,23-61,67-71,76-90H,9-17H2,1-8H3,(H4-,62,63,64,65,72,73,74,75,91,92)/p+1/t18-,23+,24+,25+,26+,27+,28+,29+,30+,31+,32+,33+,34+,35-,36+,37+,38+,39+,40+,41+,42+,43-,44-,45-,46-,47-,48+,49+,50+,51+,52-,53-,54+,55-,56-,57-,58-,59-,60-,61+/m0/s1. The lowest BCUT2D eigenvalue weighted by molar-refractivity contribution is -0.870.